The van der Waals surface area contributed by atoms with Crippen molar-refractivity contribution in [2.45, 2.75) is 70.1 Å². The maximum atomic E-state index is 12.5. The van der Waals surface area contributed by atoms with E-state index in [1.165, 1.54) is 24.2 Å². The Balaban J connectivity index is 1.72. The van der Waals surface area contributed by atoms with E-state index < -0.39 is 12.7 Å². The summed E-state index contributed by atoms with van der Waals surface area (Å²) in [5.41, 5.74) is 0. The van der Waals surface area contributed by atoms with Crippen molar-refractivity contribution in [2.75, 3.05) is 32.7 Å². The predicted molar refractivity (Wildman–Crippen MR) is 99.6 cm³/mol. The Kier molecular flexibility index (Phi) is 8.66. The third kappa shape index (κ3) is 8.81. The van der Waals surface area contributed by atoms with E-state index in [1.807, 2.05) is 6.92 Å². The first-order chi connectivity index (χ1) is 12.9. The van der Waals surface area contributed by atoms with Gasteiger partial charge in [0, 0.05) is 38.1 Å². The quantitative estimate of drug-likeness (QED) is 0.459. The minimum atomic E-state index is -4.17. The van der Waals surface area contributed by atoms with Crippen LogP contribution in [0.4, 0.5) is 13.2 Å². The molecular weight excluding hydrogens is 359 g/mol. The Morgan fingerprint density at radius 2 is 1.85 bits per heavy atom. The first-order valence-electron chi connectivity index (χ1n) is 9.99. The smallest absolute Gasteiger partial charge is 0.357 e. The standard InChI is InChI=1S/C18H32F3N5O/c1-2-22-17(25-15-9-11-26(12-15)13-18(19,20)21)23-10-8-16(27)24-14-6-4-3-5-7-14/h14-15H,2-13H2,1H3,(H,24,27)(H2,22,23,25). The summed E-state index contributed by atoms with van der Waals surface area (Å²) in [7, 11) is 0. The average Bonchev–Trinajstić information content (AvgIpc) is 3.01. The zero-order valence-corrected chi connectivity index (χ0v) is 16.1. The molecule has 156 valence electrons. The van der Waals surface area contributed by atoms with Crippen LogP contribution in [-0.4, -0.2) is 67.8 Å². The molecular formula is C18H32F3N5O. The van der Waals surface area contributed by atoms with Crippen LogP contribution in [0, 0.1) is 0 Å². The van der Waals surface area contributed by atoms with Gasteiger partial charge in [-0.3, -0.25) is 14.7 Å². The zero-order chi connectivity index (χ0) is 19.7. The zero-order valence-electron chi connectivity index (χ0n) is 16.1. The number of halogens is 3. The fourth-order valence-electron chi connectivity index (χ4n) is 3.68. The number of amides is 1. The second kappa shape index (κ2) is 10.7. The van der Waals surface area contributed by atoms with Gasteiger partial charge in [-0.15, -0.1) is 0 Å². The largest absolute Gasteiger partial charge is 0.401 e. The SMILES string of the molecule is CCNC(=NCCC(=O)NC1CCCCC1)NC1CCN(CC(F)(F)F)C1. The Morgan fingerprint density at radius 1 is 1.11 bits per heavy atom. The maximum Gasteiger partial charge on any atom is 0.401 e. The molecule has 0 aromatic carbocycles. The molecule has 6 nitrogen and oxygen atoms in total. The summed E-state index contributed by atoms with van der Waals surface area (Å²) in [4.78, 5) is 17.8. The summed E-state index contributed by atoms with van der Waals surface area (Å²) in [6.45, 7) is 2.82. The van der Waals surface area contributed by atoms with Crippen LogP contribution in [0.5, 0.6) is 0 Å². The fourth-order valence-corrected chi connectivity index (χ4v) is 3.68. The number of carbonyl (C=O) groups is 1. The molecule has 1 aliphatic carbocycles. The van der Waals surface area contributed by atoms with Crippen LogP contribution in [0.3, 0.4) is 0 Å². The molecule has 0 aromatic rings. The van der Waals surface area contributed by atoms with Crippen LogP contribution in [0.1, 0.15) is 51.9 Å². The molecule has 1 saturated heterocycles. The van der Waals surface area contributed by atoms with Gasteiger partial charge in [-0.25, -0.2) is 0 Å². The van der Waals surface area contributed by atoms with Gasteiger partial charge in [0.2, 0.25) is 5.91 Å². The second-order valence-electron chi connectivity index (χ2n) is 7.39. The third-order valence-electron chi connectivity index (χ3n) is 4.94. The molecule has 1 atom stereocenters. The first kappa shape index (κ1) is 21.8. The summed E-state index contributed by atoms with van der Waals surface area (Å²) >= 11 is 0. The number of rotatable bonds is 7. The number of likely N-dealkylation sites (tertiary alicyclic amines) is 1. The van der Waals surface area contributed by atoms with E-state index in [4.69, 9.17) is 0 Å². The van der Waals surface area contributed by atoms with E-state index in [9.17, 15) is 18.0 Å². The lowest BCUT2D eigenvalue weighted by Gasteiger charge is -2.22. The van der Waals surface area contributed by atoms with Crippen molar-refractivity contribution in [1.29, 1.82) is 0 Å². The number of carbonyl (C=O) groups excluding carboxylic acids is 1. The first-order valence-corrected chi connectivity index (χ1v) is 9.99. The molecule has 2 fully saturated rings. The number of hydrogen-bond acceptors (Lipinski definition) is 3. The third-order valence-corrected chi connectivity index (χ3v) is 4.94. The highest BCUT2D eigenvalue weighted by Crippen LogP contribution is 2.20. The molecule has 2 rings (SSSR count). The Morgan fingerprint density at radius 3 is 2.52 bits per heavy atom. The fraction of sp³-hybridized carbons (Fsp3) is 0.889. The Labute approximate surface area is 159 Å². The number of hydrogen-bond donors (Lipinski definition) is 3. The van der Waals surface area contributed by atoms with Gasteiger partial charge in [-0.05, 0) is 26.2 Å². The summed E-state index contributed by atoms with van der Waals surface area (Å²) in [6, 6.07) is 0.223. The van der Waals surface area contributed by atoms with Crippen molar-refractivity contribution >= 4 is 11.9 Å². The molecule has 1 aliphatic heterocycles. The van der Waals surface area contributed by atoms with Gasteiger partial charge in [0.15, 0.2) is 5.96 Å². The van der Waals surface area contributed by atoms with Crippen molar-refractivity contribution in [3.63, 3.8) is 0 Å². The van der Waals surface area contributed by atoms with E-state index in [0.717, 1.165) is 12.8 Å². The Hall–Kier alpha value is -1.51. The van der Waals surface area contributed by atoms with Crippen LogP contribution in [0.2, 0.25) is 0 Å². The molecule has 1 heterocycles. The number of guanidine groups is 1. The van der Waals surface area contributed by atoms with Gasteiger partial charge in [0.25, 0.3) is 0 Å². The lowest BCUT2D eigenvalue weighted by molar-refractivity contribution is -0.143. The molecule has 9 heteroatoms. The van der Waals surface area contributed by atoms with E-state index in [-0.39, 0.29) is 11.9 Å². The van der Waals surface area contributed by atoms with E-state index in [0.29, 0.717) is 51.0 Å². The average molecular weight is 391 g/mol. The molecule has 2 aliphatic rings. The van der Waals surface area contributed by atoms with Crippen LogP contribution in [-0.2, 0) is 4.79 Å². The highest BCUT2D eigenvalue weighted by atomic mass is 19.4. The highest BCUT2D eigenvalue weighted by molar-refractivity contribution is 5.81. The number of alkyl halides is 3. The minimum Gasteiger partial charge on any atom is -0.357 e. The lowest BCUT2D eigenvalue weighted by Crippen LogP contribution is -2.45. The topological polar surface area (TPSA) is 68.8 Å². The molecule has 1 saturated carbocycles. The van der Waals surface area contributed by atoms with Gasteiger partial charge >= 0.3 is 6.18 Å². The normalized spacial score (nSPS) is 22.7. The summed E-state index contributed by atoms with van der Waals surface area (Å²) in [6.07, 6.45) is 2.48. The van der Waals surface area contributed by atoms with Gasteiger partial charge in [-0.2, -0.15) is 13.2 Å². The van der Waals surface area contributed by atoms with Gasteiger partial charge in [-0.1, -0.05) is 19.3 Å². The number of nitrogens with zero attached hydrogens (tertiary/aromatic N) is 2. The summed E-state index contributed by atoms with van der Waals surface area (Å²) in [5, 5.41) is 9.34. The number of nitrogens with one attached hydrogen (secondary N) is 3. The second-order valence-corrected chi connectivity index (χ2v) is 7.39. The maximum absolute atomic E-state index is 12.5. The van der Waals surface area contributed by atoms with Gasteiger partial charge in [0.05, 0.1) is 13.1 Å². The molecule has 0 spiro atoms. The van der Waals surface area contributed by atoms with Gasteiger partial charge in [0.1, 0.15) is 0 Å². The Bertz CT molecular complexity index is 492. The van der Waals surface area contributed by atoms with Crippen molar-refractivity contribution in [1.82, 2.24) is 20.9 Å². The molecule has 1 amide bonds. The van der Waals surface area contributed by atoms with Crippen LogP contribution >= 0.6 is 0 Å². The van der Waals surface area contributed by atoms with Gasteiger partial charge < -0.3 is 16.0 Å². The number of aliphatic imine (C=N–C) groups is 1. The molecule has 0 radical (unpaired) electrons. The van der Waals surface area contributed by atoms with E-state index in [2.05, 4.69) is 20.9 Å². The van der Waals surface area contributed by atoms with E-state index in [1.54, 1.807) is 0 Å². The lowest BCUT2D eigenvalue weighted by atomic mass is 9.95. The van der Waals surface area contributed by atoms with Crippen LogP contribution in [0.25, 0.3) is 0 Å². The minimum absolute atomic E-state index is 0.0127. The van der Waals surface area contributed by atoms with Crippen LogP contribution in [0.15, 0.2) is 4.99 Å². The summed E-state index contributed by atoms with van der Waals surface area (Å²) < 4.78 is 37.5. The van der Waals surface area contributed by atoms with Crippen molar-refractivity contribution in [2.24, 2.45) is 4.99 Å². The van der Waals surface area contributed by atoms with Crippen molar-refractivity contribution < 1.29 is 18.0 Å². The molecule has 27 heavy (non-hydrogen) atoms. The van der Waals surface area contributed by atoms with Crippen molar-refractivity contribution in [3.05, 3.63) is 0 Å². The summed E-state index contributed by atoms with van der Waals surface area (Å²) in [5.74, 6) is 0.570. The predicted octanol–water partition coefficient (Wildman–Crippen LogP) is 2.02. The molecule has 0 bridgehead atoms. The van der Waals surface area contributed by atoms with Crippen LogP contribution < -0.4 is 16.0 Å². The van der Waals surface area contributed by atoms with E-state index >= 15 is 0 Å². The molecule has 1 unspecified atom stereocenters. The molecule has 0 aromatic heterocycles. The molecule has 3 N–H and O–H groups in total. The monoisotopic (exact) mass is 391 g/mol. The highest BCUT2D eigenvalue weighted by Gasteiger charge is 2.34. The van der Waals surface area contributed by atoms with Crippen molar-refractivity contribution in [3.8, 4) is 0 Å².